The minimum Gasteiger partial charge on any atom is -0.325 e. The number of carbonyl (C=O) groups excluding carboxylic acids is 1. The quantitative estimate of drug-likeness (QED) is 0.628. The van der Waals surface area contributed by atoms with Gasteiger partial charge in [0.25, 0.3) is 0 Å². The molecule has 3 rings (SSSR count). The summed E-state index contributed by atoms with van der Waals surface area (Å²) in [5.74, 6) is 0.105. The van der Waals surface area contributed by atoms with Gasteiger partial charge >= 0.3 is 0 Å². The van der Waals surface area contributed by atoms with Crippen LogP contribution in [0.3, 0.4) is 0 Å². The Morgan fingerprint density at radius 1 is 1.33 bits per heavy atom. The molecule has 0 fully saturated rings. The second-order valence-corrected chi connectivity index (χ2v) is 4.41. The maximum absolute atomic E-state index is 10.8. The Hall–Kier alpha value is -1.35. The lowest BCUT2D eigenvalue weighted by molar-refractivity contribution is -0.109. The monoisotopic (exact) mass is 202 g/mol. The highest BCUT2D eigenvalue weighted by molar-refractivity contribution is 5.60. The van der Waals surface area contributed by atoms with Crippen molar-refractivity contribution in [1.82, 2.24) is 10.9 Å². The number of hydrogen-bond donors (Lipinski definition) is 2. The largest absolute Gasteiger partial charge is 0.325 e. The Bertz CT molecular complexity index is 404. The van der Waals surface area contributed by atoms with Gasteiger partial charge in [0.05, 0.1) is 0 Å². The molecule has 1 heterocycles. The van der Waals surface area contributed by atoms with Gasteiger partial charge in [-0.25, -0.2) is 5.43 Å². The second kappa shape index (κ2) is 3.35. The van der Waals surface area contributed by atoms with Crippen molar-refractivity contribution in [1.29, 1.82) is 0 Å². The van der Waals surface area contributed by atoms with Gasteiger partial charge in [0.15, 0.2) is 0 Å². The van der Waals surface area contributed by atoms with E-state index >= 15 is 0 Å². The average Bonchev–Trinajstić information content (AvgIpc) is 2.72. The molecule has 0 aromatic heterocycles. The van der Waals surface area contributed by atoms with Crippen LogP contribution < -0.4 is 10.9 Å². The van der Waals surface area contributed by atoms with Crippen LogP contribution in [0.5, 0.6) is 0 Å². The van der Waals surface area contributed by atoms with E-state index in [1.54, 1.807) is 0 Å². The fourth-order valence-electron chi connectivity index (χ4n) is 2.54. The number of hydrogen-bond acceptors (Lipinski definition) is 3. The topological polar surface area (TPSA) is 41.1 Å². The van der Waals surface area contributed by atoms with Crippen molar-refractivity contribution in [2.75, 3.05) is 6.54 Å². The highest BCUT2D eigenvalue weighted by Crippen LogP contribution is 2.36. The van der Waals surface area contributed by atoms with Crippen LogP contribution >= 0.6 is 0 Å². The smallest absolute Gasteiger partial charge is 0.127 e. The summed E-state index contributed by atoms with van der Waals surface area (Å²) in [6, 6.07) is 0. The molecule has 1 unspecified atom stereocenters. The first-order chi connectivity index (χ1) is 7.36. The van der Waals surface area contributed by atoms with Crippen molar-refractivity contribution in [2.24, 2.45) is 5.92 Å². The number of hydrazine groups is 1. The highest BCUT2D eigenvalue weighted by Gasteiger charge is 2.25. The molecule has 3 nitrogen and oxygen atoms in total. The Balaban J connectivity index is 1.84. The van der Waals surface area contributed by atoms with Crippen LogP contribution in [0.1, 0.15) is 19.3 Å². The normalized spacial score (nSPS) is 28.7. The molecule has 0 amide bonds. The molecule has 0 aromatic rings. The predicted molar refractivity (Wildman–Crippen MR) is 57.7 cm³/mol. The number of aldehydes is 1. The summed E-state index contributed by atoms with van der Waals surface area (Å²) >= 11 is 0. The first-order valence-electron chi connectivity index (χ1n) is 5.41. The Morgan fingerprint density at radius 3 is 3.13 bits per heavy atom. The summed E-state index contributed by atoms with van der Waals surface area (Å²) in [6.07, 6.45) is 8.17. The van der Waals surface area contributed by atoms with E-state index in [4.69, 9.17) is 0 Å². The summed E-state index contributed by atoms with van der Waals surface area (Å²) in [7, 11) is 0. The van der Waals surface area contributed by atoms with Gasteiger partial charge in [-0.1, -0.05) is 17.7 Å². The molecule has 0 spiro atoms. The van der Waals surface area contributed by atoms with Crippen LogP contribution in [-0.2, 0) is 4.79 Å². The van der Waals surface area contributed by atoms with E-state index in [0.717, 1.165) is 32.1 Å². The molecule has 78 valence electrons. The second-order valence-electron chi connectivity index (χ2n) is 4.41. The molecular weight excluding hydrogens is 188 g/mol. The fourth-order valence-corrected chi connectivity index (χ4v) is 2.54. The Morgan fingerprint density at radius 2 is 2.27 bits per heavy atom. The van der Waals surface area contributed by atoms with Crippen molar-refractivity contribution in [3.05, 3.63) is 34.6 Å². The molecule has 0 saturated heterocycles. The molecule has 15 heavy (non-hydrogen) atoms. The summed E-state index contributed by atoms with van der Waals surface area (Å²) in [5, 5.41) is 0. The lowest BCUT2D eigenvalue weighted by Gasteiger charge is -2.24. The highest BCUT2D eigenvalue weighted by atomic mass is 16.1. The Kier molecular flexibility index (Phi) is 1.99. The van der Waals surface area contributed by atoms with E-state index < -0.39 is 0 Å². The standard InChI is InChI=1S/C12H14N2O/c15-7-8-1-2-9-5-12-11(6-13-14-12)4-10(9)3-8/h1-2,7-8,13-14H,3-6H2. The van der Waals surface area contributed by atoms with E-state index in [1.165, 1.54) is 22.4 Å². The maximum atomic E-state index is 10.8. The van der Waals surface area contributed by atoms with Crippen molar-refractivity contribution in [3.8, 4) is 0 Å². The number of carbonyl (C=O) groups is 1. The van der Waals surface area contributed by atoms with Gasteiger partial charge in [-0.05, 0) is 24.0 Å². The zero-order valence-electron chi connectivity index (χ0n) is 8.55. The van der Waals surface area contributed by atoms with Crippen molar-refractivity contribution < 1.29 is 4.79 Å². The van der Waals surface area contributed by atoms with Gasteiger partial charge in [0.2, 0.25) is 0 Å². The lowest BCUT2D eigenvalue weighted by atomic mass is 9.81. The van der Waals surface area contributed by atoms with Gasteiger partial charge in [0, 0.05) is 24.6 Å². The summed E-state index contributed by atoms with van der Waals surface area (Å²) < 4.78 is 0. The van der Waals surface area contributed by atoms with Crippen molar-refractivity contribution >= 4 is 6.29 Å². The molecule has 0 saturated carbocycles. The molecule has 3 heteroatoms. The SMILES string of the molecule is O=CC1C=CC2=C(CC3=C(C2)NNC3)C1. The first-order valence-corrected chi connectivity index (χ1v) is 5.41. The third kappa shape index (κ3) is 1.43. The van der Waals surface area contributed by atoms with Crippen LogP contribution in [0.2, 0.25) is 0 Å². The molecule has 3 aliphatic rings. The van der Waals surface area contributed by atoms with Crippen molar-refractivity contribution in [2.45, 2.75) is 19.3 Å². The van der Waals surface area contributed by atoms with E-state index in [2.05, 4.69) is 16.9 Å². The Labute approximate surface area is 88.9 Å². The van der Waals surface area contributed by atoms with Crippen LogP contribution in [0.15, 0.2) is 34.6 Å². The van der Waals surface area contributed by atoms with Crippen LogP contribution in [0, 0.1) is 5.92 Å². The molecule has 0 aromatic carbocycles. The van der Waals surface area contributed by atoms with Gasteiger partial charge in [-0.3, -0.25) is 0 Å². The van der Waals surface area contributed by atoms with E-state index in [-0.39, 0.29) is 5.92 Å². The minimum atomic E-state index is 0.105. The van der Waals surface area contributed by atoms with Crippen LogP contribution in [0.25, 0.3) is 0 Å². The van der Waals surface area contributed by atoms with Gasteiger partial charge in [-0.2, -0.15) is 0 Å². The van der Waals surface area contributed by atoms with Gasteiger partial charge in [0.1, 0.15) is 6.29 Å². The van der Waals surface area contributed by atoms with Crippen LogP contribution in [-0.4, -0.2) is 12.8 Å². The first kappa shape index (κ1) is 8.92. The van der Waals surface area contributed by atoms with Gasteiger partial charge in [-0.15, -0.1) is 0 Å². The average molecular weight is 202 g/mol. The predicted octanol–water partition coefficient (Wildman–Crippen LogP) is 1.21. The zero-order chi connectivity index (χ0) is 10.3. The number of rotatable bonds is 1. The third-order valence-corrected chi connectivity index (χ3v) is 3.42. The number of allylic oxidation sites excluding steroid dienone is 4. The minimum absolute atomic E-state index is 0.105. The zero-order valence-corrected chi connectivity index (χ0v) is 8.55. The van der Waals surface area contributed by atoms with Crippen LogP contribution in [0.4, 0.5) is 0 Å². The molecule has 0 bridgehead atoms. The van der Waals surface area contributed by atoms with E-state index in [1.807, 2.05) is 6.08 Å². The van der Waals surface area contributed by atoms with Crippen molar-refractivity contribution in [3.63, 3.8) is 0 Å². The lowest BCUT2D eigenvalue weighted by Crippen LogP contribution is -2.23. The maximum Gasteiger partial charge on any atom is 0.127 e. The summed E-state index contributed by atoms with van der Waals surface area (Å²) in [6.45, 7) is 0.946. The summed E-state index contributed by atoms with van der Waals surface area (Å²) in [4.78, 5) is 10.8. The molecule has 1 atom stereocenters. The van der Waals surface area contributed by atoms with E-state index in [9.17, 15) is 4.79 Å². The third-order valence-electron chi connectivity index (χ3n) is 3.42. The fraction of sp³-hybridized carbons (Fsp3) is 0.417. The molecule has 2 N–H and O–H groups in total. The molecule has 2 aliphatic carbocycles. The molecule has 0 radical (unpaired) electrons. The summed E-state index contributed by atoms with van der Waals surface area (Å²) in [5.41, 5.74) is 12.0. The van der Waals surface area contributed by atoms with E-state index in [0.29, 0.717) is 0 Å². The molecular formula is C12H14N2O. The van der Waals surface area contributed by atoms with Gasteiger partial charge < -0.3 is 10.2 Å². The molecule has 1 aliphatic heterocycles. The number of nitrogens with one attached hydrogen (secondary N) is 2.